The highest BCUT2D eigenvalue weighted by atomic mass is 35.5. The zero-order valence-corrected chi connectivity index (χ0v) is 16.0. The van der Waals surface area contributed by atoms with E-state index >= 15 is 0 Å². The molecule has 0 bridgehead atoms. The van der Waals surface area contributed by atoms with Crippen LogP contribution in [-0.4, -0.2) is 14.6 Å². The van der Waals surface area contributed by atoms with Crippen molar-refractivity contribution < 1.29 is 4.74 Å². The lowest BCUT2D eigenvalue weighted by Gasteiger charge is -2.21. The van der Waals surface area contributed by atoms with Gasteiger partial charge in [0.1, 0.15) is 6.10 Å². The molecule has 3 aromatic rings. The van der Waals surface area contributed by atoms with Crippen molar-refractivity contribution in [3.05, 3.63) is 87.4 Å². The normalized spacial score (nSPS) is 12.0. The molecule has 3 nitrogen and oxygen atoms in total. The SMILES string of the molecule is S=C(OC(Cn1ccnc1)c1ccc(Cl)cc1)c1ccc(Cl)cc1Cl. The van der Waals surface area contributed by atoms with E-state index in [0.29, 0.717) is 32.2 Å². The van der Waals surface area contributed by atoms with Gasteiger partial charge >= 0.3 is 0 Å². The van der Waals surface area contributed by atoms with Crippen molar-refractivity contribution in [3.63, 3.8) is 0 Å². The Morgan fingerprint density at radius 3 is 2.44 bits per heavy atom. The molecule has 0 saturated heterocycles. The molecule has 3 rings (SSSR count). The number of imidazole rings is 1. The summed E-state index contributed by atoms with van der Waals surface area (Å²) >= 11 is 23.6. The van der Waals surface area contributed by atoms with E-state index in [1.54, 1.807) is 30.7 Å². The first-order valence-electron chi connectivity index (χ1n) is 7.40. The largest absolute Gasteiger partial charge is 0.473 e. The third-order valence-electron chi connectivity index (χ3n) is 3.58. The fourth-order valence-corrected chi connectivity index (χ4v) is 3.29. The Labute approximate surface area is 166 Å². The van der Waals surface area contributed by atoms with Gasteiger partial charge in [0.05, 0.1) is 17.9 Å². The molecule has 7 heteroatoms. The van der Waals surface area contributed by atoms with Crippen LogP contribution in [0, 0.1) is 0 Å². The number of aromatic nitrogens is 2. The van der Waals surface area contributed by atoms with Crippen LogP contribution in [0.5, 0.6) is 0 Å². The van der Waals surface area contributed by atoms with Crippen LogP contribution in [-0.2, 0) is 11.3 Å². The Morgan fingerprint density at radius 2 is 1.80 bits per heavy atom. The summed E-state index contributed by atoms with van der Waals surface area (Å²) in [6, 6.07) is 12.6. The summed E-state index contributed by atoms with van der Waals surface area (Å²) in [5.74, 6) is 0. The van der Waals surface area contributed by atoms with E-state index < -0.39 is 0 Å². The Hall–Kier alpha value is -1.59. The number of thiocarbonyl (C=S) groups is 1. The molecule has 0 N–H and O–H groups in total. The average Bonchev–Trinajstić information content (AvgIpc) is 3.08. The number of halogens is 3. The summed E-state index contributed by atoms with van der Waals surface area (Å²) in [6.07, 6.45) is 4.99. The van der Waals surface area contributed by atoms with Crippen molar-refractivity contribution >= 4 is 52.1 Å². The average molecular weight is 412 g/mol. The highest BCUT2D eigenvalue weighted by Crippen LogP contribution is 2.27. The molecule has 1 atom stereocenters. The van der Waals surface area contributed by atoms with Crippen molar-refractivity contribution in [1.82, 2.24) is 9.55 Å². The molecule has 0 spiro atoms. The molecular weight excluding hydrogens is 399 g/mol. The van der Waals surface area contributed by atoms with Gasteiger partial charge in [-0.05, 0) is 48.1 Å². The van der Waals surface area contributed by atoms with Gasteiger partial charge in [-0.2, -0.15) is 0 Å². The Kier molecular flexibility index (Phi) is 5.97. The van der Waals surface area contributed by atoms with Crippen LogP contribution in [0.3, 0.4) is 0 Å². The predicted octanol–water partition coefficient (Wildman–Crippen LogP) is 5.98. The van der Waals surface area contributed by atoms with Crippen LogP contribution in [0.15, 0.2) is 61.2 Å². The number of hydrogen-bond acceptors (Lipinski definition) is 3. The molecule has 0 aliphatic rings. The molecule has 0 amide bonds. The first-order chi connectivity index (χ1) is 12.0. The maximum atomic E-state index is 6.23. The summed E-state index contributed by atoms with van der Waals surface area (Å²) in [5.41, 5.74) is 1.58. The standard InChI is InChI=1S/C18H13Cl3N2OS/c19-13-3-1-12(2-4-13)17(10-23-8-7-22-11-23)24-18(25)15-6-5-14(20)9-16(15)21/h1-9,11,17H,10H2. The van der Waals surface area contributed by atoms with Gasteiger partial charge in [-0.3, -0.25) is 0 Å². The lowest BCUT2D eigenvalue weighted by atomic mass is 10.1. The van der Waals surface area contributed by atoms with Crippen molar-refractivity contribution in [3.8, 4) is 0 Å². The van der Waals surface area contributed by atoms with Gasteiger partial charge in [-0.15, -0.1) is 0 Å². The quantitative estimate of drug-likeness (QED) is 0.483. The predicted molar refractivity (Wildman–Crippen MR) is 106 cm³/mol. The van der Waals surface area contributed by atoms with E-state index in [1.807, 2.05) is 35.0 Å². The smallest absolute Gasteiger partial charge is 0.193 e. The summed E-state index contributed by atoms with van der Waals surface area (Å²) < 4.78 is 7.99. The van der Waals surface area contributed by atoms with Crippen LogP contribution in [0.4, 0.5) is 0 Å². The van der Waals surface area contributed by atoms with E-state index in [9.17, 15) is 0 Å². The van der Waals surface area contributed by atoms with E-state index in [1.165, 1.54) is 0 Å². The minimum atomic E-state index is -0.314. The molecule has 0 radical (unpaired) electrons. The zero-order chi connectivity index (χ0) is 17.8. The van der Waals surface area contributed by atoms with Crippen LogP contribution >= 0.6 is 47.0 Å². The minimum Gasteiger partial charge on any atom is -0.473 e. The van der Waals surface area contributed by atoms with Crippen molar-refractivity contribution in [2.45, 2.75) is 12.6 Å². The molecule has 25 heavy (non-hydrogen) atoms. The molecule has 0 fully saturated rings. The lowest BCUT2D eigenvalue weighted by molar-refractivity contribution is 0.176. The van der Waals surface area contributed by atoms with E-state index in [0.717, 1.165) is 5.56 Å². The summed E-state index contributed by atoms with van der Waals surface area (Å²) in [4.78, 5) is 4.06. The molecule has 128 valence electrons. The molecule has 0 aliphatic heterocycles. The number of ether oxygens (including phenoxy) is 1. The topological polar surface area (TPSA) is 27.1 Å². The molecule has 0 saturated carbocycles. The second-order valence-electron chi connectivity index (χ2n) is 5.33. The van der Waals surface area contributed by atoms with Gasteiger partial charge in [-0.25, -0.2) is 4.98 Å². The summed E-state index contributed by atoms with van der Waals surface area (Å²) in [5, 5.41) is 1.97. The Morgan fingerprint density at radius 1 is 1.08 bits per heavy atom. The highest BCUT2D eigenvalue weighted by molar-refractivity contribution is 7.80. The first kappa shape index (κ1) is 18.2. The van der Waals surface area contributed by atoms with Gasteiger partial charge in [-0.1, -0.05) is 46.9 Å². The van der Waals surface area contributed by atoms with Crippen LogP contribution < -0.4 is 0 Å². The highest BCUT2D eigenvalue weighted by Gasteiger charge is 2.18. The molecular formula is C18H13Cl3N2OS. The van der Waals surface area contributed by atoms with Crippen LogP contribution in [0.1, 0.15) is 17.2 Å². The minimum absolute atomic E-state index is 0.307. The molecule has 1 aromatic heterocycles. The van der Waals surface area contributed by atoms with E-state index in [4.69, 9.17) is 51.8 Å². The lowest BCUT2D eigenvalue weighted by Crippen LogP contribution is -2.16. The third-order valence-corrected chi connectivity index (χ3v) is 4.69. The number of rotatable bonds is 5. The molecule has 0 aliphatic carbocycles. The van der Waals surface area contributed by atoms with Gasteiger partial charge < -0.3 is 9.30 Å². The van der Waals surface area contributed by atoms with E-state index in [2.05, 4.69) is 4.98 Å². The second-order valence-corrected chi connectivity index (χ2v) is 6.98. The summed E-state index contributed by atoms with van der Waals surface area (Å²) in [7, 11) is 0. The fraction of sp³-hybridized carbons (Fsp3) is 0.111. The Bertz CT molecular complexity index is 867. The molecule has 2 aromatic carbocycles. The van der Waals surface area contributed by atoms with Crippen molar-refractivity contribution in [2.75, 3.05) is 0 Å². The number of nitrogens with zero attached hydrogens (tertiary/aromatic N) is 2. The number of benzene rings is 2. The van der Waals surface area contributed by atoms with Gasteiger partial charge in [0.2, 0.25) is 0 Å². The molecule has 1 heterocycles. The molecule has 1 unspecified atom stereocenters. The van der Waals surface area contributed by atoms with Crippen LogP contribution in [0.25, 0.3) is 0 Å². The third kappa shape index (κ3) is 4.73. The monoisotopic (exact) mass is 410 g/mol. The van der Waals surface area contributed by atoms with Crippen molar-refractivity contribution in [1.29, 1.82) is 0 Å². The maximum Gasteiger partial charge on any atom is 0.193 e. The van der Waals surface area contributed by atoms with Gasteiger partial charge in [0.25, 0.3) is 0 Å². The Balaban J connectivity index is 1.86. The van der Waals surface area contributed by atoms with Gasteiger partial charge in [0, 0.05) is 28.0 Å². The fourth-order valence-electron chi connectivity index (χ4n) is 2.32. The zero-order valence-electron chi connectivity index (χ0n) is 12.9. The first-order valence-corrected chi connectivity index (χ1v) is 8.94. The van der Waals surface area contributed by atoms with Gasteiger partial charge in [0.15, 0.2) is 5.05 Å². The van der Waals surface area contributed by atoms with Crippen LogP contribution in [0.2, 0.25) is 15.1 Å². The maximum absolute atomic E-state index is 6.23. The summed E-state index contributed by atoms with van der Waals surface area (Å²) in [6.45, 7) is 0.549. The number of hydrogen-bond donors (Lipinski definition) is 0. The van der Waals surface area contributed by atoms with E-state index in [-0.39, 0.29) is 6.10 Å². The second kappa shape index (κ2) is 8.19. The van der Waals surface area contributed by atoms with Crippen molar-refractivity contribution in [2.24, 2.45) is 0 Å².